The van der Waals surface area contributed by atoms with Crippen molar-refractivity contribution in [2.45, 2.75) is 20.4 Å². The first kappa shape index (κ1) is 19.2. The summed E-state index contributed by atoms with van der Waals surface area (Å²) in [5.41, 5.74) is 0.489. The van der Waals surface area contributed by atoms with Crippen molar-refractivity contribution in [3.8, 4) is 0 Å². The molecule has 1 aromatic carbocycles. The summed E-state index contributed by atoms with van der Waals surface area (Å²) in [5.74, 6) is -1.72. The zero-order valence-corrected chi connectivity index (χ0v) is 15.6. The van der Waals surface area contributed by atoms with Gasteiger partial charge >= 0.3 is 5.97 Å². The van der Waals surface area contributed by atoms with Gasteiger partial charge in [0.25, 0.3) is 11.2 Å². The molecule has 3 aromatic rings. The number of aromatic nitrogens is 2. The maximum absolute atomic E-state index is 12.7. The maximum Gasteiger partial charge on any atom is 0.346 e. The molecule has 0 atom stereocenters. The Morgan fingerprint density at radius 1 is 1.36 bits per heavy atom. The van der Waals surface area contributed by atoms with Crippen molar-refractivity contribution in [3.05, 3.63) is 61.0 Å². The fraction of sp³-hybridized carbons (Fsp3) is 0.176. The van der Waals surface area contributed by atoms with Crippen LogP contribution in [0.4, 0.5) is 11.4 Å². The molecule has 0 aliphatic rings. The Balaban J connectivity index is 1.90. The number of nitro groups is 1. The van der Waals surface area contributed by atoms with Gasteiger partial charge in [-0.05, 0) is 25.0 Å². The smallest absolute Gasteiger partial charge is 0.346 e. The Labute approximate surface area is 161 Å². The number of rotatable bonds is 5. The summed E-state index contributed by atoms with van der Waals surface area (Å²) in [5, 5.41) is 22.8. The van der Waals surface area contributed by atoms with Gasteiger partial charge in [-0.1, -0.05) is 6.07 Å². The highest BCUT2D eigenvalue weighted by Crippen LogP contribution is 2.26. The number of aryl methyl sites for hydroxylation is 2. The number of carbonyl (C=O) groups excluding carboxylic acids is 1. The van der Waals surface area contributed by atoms with E-state index in [2.05, 4.69) is 10.3 Å². The number of carboxylic acids is 1. The molecule has 0 aliphatic carbocycles. The van der Waals surface area contributed by atoms with Gasteiger partial charge in [0.05, 0.1) is 22.3 Å². The predicted molar refractivity (Wildman–Crippen MR) is 102 cm³/mol. The van der Waals surface area contributed by atoms with Gasteiger partial charge in [0.2, 0.25) is 5.91 Å². The van der Waals surface area contributed by atoms with E-state index in [0.29, 0.717) is 11.1 Å². The van der Waals surface area contributed by atoms with Crippen molar-refractivity contribution in [2.24, 2.45) is 0 Å². The number of nitro benzene ring substituents is 1. The van der Waals surface area contributed by atoms with Crippen LogP contribution in [-0.2, 0) is 11.3 Å². The lowest BCUT2D eigenvalue weighted by Crippen LogP contribution is -2.28. The lowest BCUT2D eigenvalue weighted by molar-refractivity contribution is -0.384. The number of thiophene rings is 1. The number of non-ortho nitro benzene ring substituents is 1. The molecule has 2 heterocycles. The van der Waals surface area contributed by atoms with Crippen LogP contribution in [0.2, 0.25) is 0 Å². The van der Waals surface area contributed by atoms with Gasteiger partial charge in [-0.2, -0.15) is 0 Å². The van der Waals surface area contributed by atoms with Gasteiger partial charge in [-0.15, -0.1) is 11.3 Å². The highest BCUT2D eigenvalue weighted by Gasteiger charge is 2.19. The average Bonchev–Trinajstić information content (AvgIpc) is 2.97. The molecule has 0 radical (unpaired) electrons. The highest BCUT2D eigenvalue weighted by atomic mass is 32.1. The predicted octanol–water partition coefficient (Wildman–Crippen LogP) is 2.32. The lowest BCUT2D eigenvalue weighted by atomic mass is 10.2. The van der Waals surface area contributed by atoms with Crippen molar-refractivity contribution in [1.29, 1.82) is 0 Å². The molecule has 2 N–H and O–H groups in total. The van der Waals surface area contributed by atoms with Crippen molar-refractivity contribution >= 4 is 44.8 Å². The number of benzene rings is 1. The number of aromatic carboxylic acids is 1. The van der Waals surface area contributed by atoms with E-state index in [4.69, 9.17) is 0 Å². The van der Waals surface area contributed by atoms with E-state index in [1.54, 1.807) is 6.92 Å². The van der Waals surface area contributed by atoms with E-state index >= 15 is 0 Å². The molecule has 0 unspecified atom stereocenters. The minimum atomic E-state index is -1.15. The lowest BCUT2D eigenvalue weighted by Gasteiger charge is -2.09. The second kappa shape index (κ2) is 7.19. The Kier molecular flexibility index (Phi) is 4.92. The van der Waals surface area contributed by atoms with E-state index in [0.717, 1.165) is 15.9 Å². The number of anilines is 1. The van der Waals surface area contributed by atoms with Gasteiger partial charge < -0.3 is 10.4 Å². The summed E-state index contributed by atoms with van der Waals surface area (Å²) < 4.78 is 1.07. The number of nitrogens with zero attached hydrogens (tertiary/aromatic N) is 3. The van der Waals surface area contributed by atoms with Crippen LogP contribution in [0.25, 0.3) is 10.2 Å². The Morgan fingerprint density at radius 3 is 2.71 bits per heavy atom. The van der Waals surface area contributed by atoms with Gasteiger partial charge in [0, 0.05) is 12.1 Å². The molecule has 2 aromatic heterocycles. The average molecular weight is 402 g/mol. The first-order chi connectivity index (χ1) is 13.2. The van der Waals surface area contributed by atoms with Crippen LogP contribution < -0.4 is 10.9 Å². The third-order valence-electron chi connectivity index (χ3n) is 4.13. The largest absolute Gasteiger partial charge is 0.477 e. The minimum absolute atomic E-state index is 0.0222. The molecule has 0 spiro atoms. The first-order valence-electron chi connectivity index (χ1n) is 7.95. The van der Waals surface area contributed by atoms with Gasteiger partial charge in [-0.25, -0.2) is 9.78 Å². The quantitative estimate of drug-likeness (QED) is 0.492. The summed E-state index contributed by atoms with van der Waals surface area (Å²) in [6.07, 6.45) is 1.17. The van der Waals surface area contributed by atoms with Crippen LogP contribution in [0.3, 0.4) is 0 Å². The zero-order chi connectivity index (χ0) is 20.6. The summed E-state index contributed by atoms with van der Waals surface area (Å²) in [6, 6.07) is 4.07. The fourth-order valence-corrected chi connectivity index (χ4v) is 3.66. The molecule has 0 aliphatic heterocycles. The van der Waals surface area contributed by atoms with E-state index in [1.807, 2.05) is 0 Å². The Morgan fingerprint density at radius 2 is 2.07 bits per heavy atom. The fourth-order valence-electron chi connectivity index (χ4n) is 2.68. The van der Waals surface area contributed by atoms with Crippen LogP contribution in [0.5, 0.6) is 0 Å². The van der Waals surface area contributed by atoms with Crippen molar-refractivity contribution < 1.29 is 19.6 Å². The van der Waals surface area contributed by atoms with Crippen molar-refractivity contribution in [1.82, 2.24) is 9.55 Å². The van der Waals surface area contributed by atoms with Crippen LogP contribution in [0.1, 0.15) is 20.8 Å². The van der Waals surface area contributed by atoms with Crippen LogP contribution in [0.15, 0.2) is 29.3 Å². The van der Waals surface area contributed by atoms with Gasteiger partial charge in [0.15, 0.2) is 0 Å². The molecule has 11 heteroatoms. The number of carboxylic acid groups (broad SMARTS) is 1. The maximum atomic E-state index is 12.7. The minimum Gasteiger partial charge on any atom is -0.477 e. The molecule has 28 heavy (non-hydrogen) atoms. The highest BCUT2D eigenvalue weighted by molar-refractivity contribution is 7.20. The summed E-state index contributed by atoms with van der Waals surface area (Å²) in [6.45, 7) is 2.82. The SMILES string of the molecule is Cc1ccc([N+](=O)[O-])cc1NC(=O)Cn1cnc2sc(C(=O)O)c(C)c2c1=O. The third-order valence-corrected chi connectivity index (χ3v) is 5.32. The van der Waals surface area contributed by atoms with E-state index in [9.17, 15) is 29.6 Å². The molecule has 1 amide bonds. The Bertz CT molecular complexity index is 1200. The van der Waals surface area contributed by atoms with Crippen LogP contribution in [-0.4, -0.2) is 31.5 Å². The molecule has 144 valence electrons. The van der Waals surface area contributed by atoms with E-state index < -0.39 is 22.4 Å². The molecule has 0 saturated heterocycles. The number of nitrogens with one attached hydrogen (secondary N) is 1. The normalized spacial score (nSPS) is 10.8. The van der Waals surface area contributed by atoms with Crippen LogP contribution in [0, 0.1) is 24.0 Å². The first-order valence-corrected chi connectivity index (χ1v) is 8.77. The summed E-state index contributed by atoms with van der Waals surface area (Å²) in [4.78, 5) is 50.9. The molecule has 0 fully saturated rings. The zero-order valence-electron chi connectivity index (χ0n) is 14.8. The molecule has 10 nitrogen and oxygen atoms in total. The number of amides is 1. The number of hydrogen-bond donors (Lipinski definition) is 2. The monoisotopic (exact) mass is 402 g/mol. The van der Waals surface area contributed by atoms with Crippen molar-refractivity contribution in [3.63, 3.8) is 0 Å². The molecular formula is C17H14N4O6S. The Hall–Kier alpha value is -3.60. The second-order valence-electron chi connectivity index (χ2n) is 6.02. The number of hydrogen-bond acceptors (Lipinski definition) is 7. The number of carbonyl (C=O) groups is 2. The van der Waals surface area contributed by atoms with E-state index in [1.165, 1.54) is 31.5 Å². The molecular weight excluding hydrogens is 388 g/mol. The second-order valence-corrected chi connectivity index (χ2v) is 7.02. The van der Waals surface area contributed by atoms with Crippen LogP contribution >= 0.6 is 11.3 Å². The summed E-state index contributed by atoms with van der Waals surface area (Å²) in [7, 11) is 0. The third kappa shape index (κ3) is 3.47. The topological polar surface area (TPSA) is 144 Å². The molecule has 0 bridgehead atoms. The van der Waals surface area contributed by atoms with E-state index in [-0.39, 0.29) is 33.0 Å². The summed E-state index contributed by atoms with van der Waals surface area (Å²) >= 11 is 0.894. The van der Waals surface area contributed by atoms with Gasteiger partial charge in [0.1, 0.15) is 16.3 Å². The molecule has 0 saturated carbocycles. The van der Waals surface area contributed by atoms with Crippen molar-refractivity contribution in [2.75, 3.05) is 5.32 Å². The van der Waals surface area contributed by atoms with Gasteiger partial charge in [-0.3, -0.25) is 24.3 Å². The number of fused-ring (bicyclic) bond motifs is 1. The standard InChI is InChI=1S/C17H14N4O6S/c1-8-3-4-10(21(26)27)5-11(8)19-12(22)6-20-7-18-15-13(16(20)23)9(2)14(28-15)17(24)25/h3-5,7H,6H2,1-2H3,(H,19,22)(H,24,25). The molecule has 3 rings (SSSR count).